The van der Waals surface area contributed by atoms with E-state index in [4.69, 9.17) is 0 Å². The highest BCUT2D eigenvalue weighted by Gasteiger charge is 2.30. The topological polar surface area (TPSA) is 20.3 Å². The van der Waals surface area contributed by atoms with Crippen LogP contribution in [0.1, 0.15) is 22.9 Å². The van der Waals surface area contributed by atoms with Crippen LogP contribution in [0.3, 0.4) is 0 Å². The lowest BCUT2D eigenvalue weighted by atomic mass is 10.1. The summed E-state index contributed by atoms with van der Waals surface area (Å²) in [6, 6.07) is 18.4. The van der Waals surface area contributed by atoms with Gasteiger partial charge in [-0.05, 0) is 24.6 Å². The second kappa shape index (κ2) is 5.71. The highest BCUT2D eigenvalue weighted by atomic mass is 32.2. The summed E-state index contributed by atoms with van der Waals surface area (Å²) in [5.74, 6) is 1.10. The maximum atomic E-state index is 12.4. The number of carbonyl (C=O) groups excluding carboxylic acids is 1. The Morgan fingerprint density at radius 2 is 1.75 bits per heavy atom. The Hall–Kier alpha value is -1.74. The lowest BCUT2D eigenvalue weighted by Gasteiger charge is -2.35. The number of nitrogens with zero attached hydrogens (tertiary/aromatic N) is 1. The molecule has 0 radical (unpaired) electrons. The Labute approximate surface area is 123 Å². The van der Waals surface area contributed by atoms with E-state index in [1.165, 1.54) is 11.1 Å². The van der Waals surface area contributed by atoms with Gasteiger partial charge in [0.15, 0.2) is 0 Å². The van der Waals surface area contributed by atoms with Crippen LogP contribution in [0.15, 0.2) is 54.6 Å². The summed E-state index contributed by atoms with van der Waals surface area (Å²) in [6.07, 6.45) is 0.613. The molecule has 2 aromatic rings. The van der Waals surface area contributed by atoms with E-state index in [9.17, 15) is 4.79 Å². The summed E-state index contributed by atoms with van der Waals surface area (Å²) in [5.41, 5.74) is 3.42. The average molecular weight is 283 g/mol. The summed E-state index contributed by atoms with van der Waals surface area (Å²) >= 11 is 1.83. The third-order valence-corrected chi connectivity index (χ3v) is 4.73. The van der Waals surface area contributed by atoms with E-state index in [1.807, 2.05) is 47.0 Å². The van der Waals surface area contributed by atoms with Gasteiger partial charge in [-0.2, -0.15) is 0 Å². The van der Waals surface area contributed by atoms with Gasteiger partial charge >= 0.3 is 0 Å². The second-order valence-electron chi connectivity index (χ2n) is 4.98. The van der Waals surface area contributed by atoms with Crippen molar-refractivity contribution in [3.05, 3.63) is 65.7 Å². The Morgan fingerprint density at radius 3 is 2.45 bits per heavy atom. The fourth-order valence-electron chi connectivity index (χ4n) is 2.43. The molecule has 1 fully saturated rings. The van der Waals surface area contributed by atoms with E-state index in [2.05, 4.69) is 31.2 Å². The Kier molecular flexibility index (Phi) is 3.79. The number of carbonyl (C=O) groups is 1. The third-order valence-electron chi connectivity index (χ3n) is 3.49. The molecule has 0 bridgehead atoms. The SMILES string of the molecule is Cc1ccc(C2SCCC(=O)N2c2ccccc2)cc1. The zero-order valence-corrected chi connectivity index (χ0v) is 12.3. The second-order valence-corrected chi connectivity index (χ2v) is 6.17. The van der Waals surface area contributed by atoms with Crippen LogP contribution in [0.5, 0.6) is 0 Å². The highest BCUT2D eigenvalue weighted by Crippen LogP contribution is 2.40. The molecular weight excluding hydrogens is 266 g/mol. The molecule has 102 valence electrons. The number of aryl methyl sites for hydroxylation is 1. The first kappa shape index (κ1) is 13.3. The van der Waals surface area contributed by atoms with Gasteiger partial charge in [0.1, 0.15) is 5.37 Å². The lowest BCUT2D eigenvalue weighted by molar-refractivity contribution is -0.118. The predicted molar refractivity (Wildman–Crippen MR) is 84.9 cm³/mol. The van der Waals surface area contributed by atoms with E-state index >= 15 is 0 Å². The van der Waals surface area contributed by atoms with Gasteiger partial charge in [0.05, 0.1) is 0 Å². The van der Waals surface area contributed by atoms with Crippen LogP contribution >= 0.6 is 11.8 Å². The molecule has 3 heteroatoms. The fraction of sp³-hybridized carbons (Fsp3) is 0.235. The number of thioether (sulfide) groups is 1. The molecule has 1 amide bonds. The molecule has 20 heavy (non-hydrogen) atoms. The molecule has 1 aliphatic heterocycles. The normalized spacial score (nSPS) is 19.1. The molecule has 1 heterocycles. The van der Waals surface area contributed by atoms with Crippen LogP contribution in [-0.2, 0) is 4.79 Å². The van der Waals surface area contributed by atoms with Crippen molar-refractivity contribution in [2.24, 2.45) is 0 Å². The maximum Gasteiger partial charge on any atom is 0.229 e. The molecule has 0 N–H and O–H groups in total. The standard InChI is InChI=1S/C17H17NOS/c1-13-7-9-14(10-8-13)17-18(16(19)11-12-20-17)15-5-3-2-4-6-15/h2-10,17H,11-12H2,1H3. The number of hydrogen-bond donors (Lipinski definition) is 0. The van der Waals surface area contributed by atoms with Gasteiger partial charge in [-0.1, -0.05) is 48.0 Å². The van der Waals surface area contributed by atoms with E-state index in [0.29, 0.717) is 6.42 Å². The van der Waals surface area contributed by atoms with E-state index in [0.717, 1.165) is 11.4 Å². The molecule has 0 aliphatic carbocycles. The van der Waals surface area contributed by atoms with Crippen LogP contribution in [-0.4, -0.2) is 11.7 Å². The monoisotopic (exact) mass is 283 g/mol. The Balaban J connectivity index is 1.98. The Morgan fingerprint density at radius 1 is 1.05 bits per heavy atom. The summed E-state index contributed by atoms with van der Waals surface area (Å²) < 4.78 is 0. The third kappa shape index (κ3) is 2.59. The van der Waals surface area contributed by atoms with Gasteiger partial charge in [0, 0.05) is 17.9 Å². The molecule has 0 saturated carbocycles. The van der Waals surface area contributed by atoms with Crippen molar-refractivity contribution < 1.29 is 4.79 Å². The zero-order valence-electron chi connectivity index (χ0n) is 11.5. The molecule has 0 spiro atoms. The number of hydrogen-bond acceptors (Lipinski definition) is 2. The van der Waals surface area contributed by atoms with E-state index < -0.39 is 0 Å². The van der Waals surface area contributed by atoms with E-state index in [-0.39, 0.29) is 11.3 Å². The van der Waals surface area contributed by atoms with Gasteiger partial charge < -0.3 is 0 Å². The summed E-state index contributed by atoms with van der Waals surface area (Å²) in [4.78, 5) is 14.3. The van der Waals surface area contributed by atoms with Crippen LogP contribution in [0, 0.1) is 6.92 Å². The molecule has 1 aliphatic rings. The molecular formula is C17H17NOS. The lowest BCUT2D eigenvalue weighted by Crippen LogP contribution is -2.37. The molecule has 2 nitrogen and oxygen atoms in total. The van der Waals surface area contributed by atoms with Crippen molar-refractivity contribution in [2.45, 2.75) is 18.7 Å². The van der Waals surface area contributed by atoms with Crippen molar-refractivity contribution >= 4 is 23.4 Å². The van der Waals surface area contributed by atoms with Crippen molar-refractivity contribution in [3.63, 3.8) is 0 Å². The van der Waals surface area contributed by atoms with Gasteiger partial charge in [-0.25, -0.2) is 0 Å². The predicted octanol–water partition coefficient (Wildman–Crippen LogP) is 4.16. The molecule has 3 rings (SSSR count). The minimum Gasteiger partial charge on any atom is -0.296 e. The van der Waals surface area contributed by atoms with Crippen LogP contribution < -0.4 is 4.90 Å². The van der Waals surface area contributed by atoms with Gasteiger partial charge in [-0.3, -0.25) is 9.69 Å². The average Bonchev–Trinajstić information content (AvgIpc) is 2.49. The fourth-order valence-corrected chi connectivity index (χ4v) is 3.68. The maximum absolute atomic E-state index is 12.4. The number of rotatable bonds is 2. The van der Waals surface area contributed by atoms with Gasteiger partial charge in [-0.15, -0.1) is 11.8 Å². The van der Waals surface area contributed by atoms with Crippen molar-refractivity contribution in [1.29, 1.82) is 0 Å². The number of para-hydroxylation sites is 1. The van der Waals surface area contributed by atoms with Gasteiger partial charge in [0.2, 0.25) is 5.91 Å². The molecule has 0 aromatic heterocycles. The number of anilines is 1. The minimum atomic E-state index is 0.0826. The first-order valence-corrected chi connectivity index (χ1v) is 7.86. The first-order valence-electron chi connectivity index (χ1n) is 6.81. The van der Waals surface area contributed by atoms with Crippen LogP contribution in [0.2, 0.25) is 0 Å². The zero-order chi connectivity index (χ0) is 13.9. The number of benzene rings is 2. The molecule has 1 saturated heterocycles. The summed E-state index contributed by atoms with van der Waals surface area (Å²) in [5, 5.41) is 0.0826. The number of amides is 1. The largest absolute Gasteiger partial charge is 0.296 e. The molecule has 1 unspecified atom stereocenters. The van der Waals surface area contributed by atoms with Crippen molar-refractivity contribution in [1.82, 2.24) is 0 Å². The van der Waals surface area contributed by atoms with Crippen molar-refractivity contribution in [2.75, 3.05) is 10.7 Å². The molecule has 1 atom stereocenters. The smallest absolute Gasteiger partial charge is 0.229 e. The summed E-state index contributed by atoms with van der Waals surface area (Å²) in [7, 11) is 0. The molecule has 2 aromatic carbocycles. The van der Waals surface area contributed by atoms with Crippen LogP contribution in [0.4, 0.5) is 5.69 Å². The van der Waals surface area contributed by atoms with Gasteiger partial charge in [0.25, 0.3) is 0 Å². The highest BCUT2D eigenvalue weighted by molar-refractivity contribution is 7.99. The Bertz CT molecular complexity index is 594. The van der Waals surface area contributed by atoms with Crippen molar-refractivity contribution in [3.8, 4) is 0 Å². The quantitative estimate of drug-likeness (QED) is 0.824. The summed E-state index contributed by atoms with van der Waals surface area (Å²) in [6.45, 7) is 2.08. The first-order chi connectivity index (χ1) is 9.75. The van der Waals surface area contributed by atoms with Crippen LogP contribution in [0.25, 0.3) is 0 Å². The van der Waals surface area contributed by atoms with E-state index in [1.54, 1.807) is 0 Å². The minimum absolute atomic E-state index is 0.0826.